The highest BCUT2D eigenvalue weighted by Gasteiger charge is 2.23. The first-order chi connectivity index (χ1) is 7.06. The highest BCUT2D eigenvalue weighted by atomic mass is 32.2. The van der Waals surface area contributed by atoms with Crippen LogP contribution in [0, 0.1) is 5.92 Å². The molecule has 3 atom stereocenters. The predicted molar refractivity (Wildman–Crippen MR) is 69.7 cm³/mol. The summed E-state index contributed by atoms with van der Waals surface area (Å²) in [7, 11) is 1.30. The van der Waals surface area contributed by atoms with E-state index in [9.17, 15) is 4.21 Å². The second-order valence-electron chi connectivity index (χ2n) is 4.57. The number of nitrogens with one attached hydrogen (secondary N) is 1. The van der Waals surface area contributed by atoms with Gasteiger partial charge in [-0.25, -0.2) is 0 Å². The largest absolute Gasteiger partial charge is 0.316 e. The van der Waals surface area contributed by atoms with Gasteiger partial charge in [-0.15, -0.1) is 0 Å². The van der Waals surface area contributed by atoms with Crippen LogP contribution in [0.3, 0.4) is 0 Å². The van der Waals surface area contributed by atoms with E-state index in [0.29, 0.717) is 17.2 Å². The maximum absolute atomic E-state index is 12.1. The lowest BCUT2D eigenvalue weighted by molar-refractivity contribution is 0.479. The molecule has 0 radical (unpaired) electrons. The van der Waals surface area contributed by atoms with E-state index < -0.39 is 10.8 Å². The van der Waals surface area contributed by atoms with Gasteiger partial charge in [0.25, 0.3) is 0 Å². The van der Waals surface area contributed by atoms with Crippen molar-refractivity contribution in [2.75, 3.05) is 12.8 Å². The summed E-state index contributed by atoms with van der Waals surface area (Å²) in [5.41, 5.74) is 0. The van der Waals surface area contributed by atoms with Crippen molar-refractivity contribution in [2.24, 2.45) is 5.92 Å². The summed E-state index contributed by atoms with van der Waals surface area (Å²) in [6.07, 6.45) is 3.28. The van der Waals surface area contributed by atoms with Gasteiger partial charge in [-0.1, -0.05) is 34.1 Å². The molecule has 3 unspecified atom stereocenters. The quantitative estimate of drug-likeness (QED) is 0.698. The Labute approximate surface area is 97.7 Å². The molecule has 0 rings (SSSR count). The van der Waals surface area contributed by atoms with Crippen LogP contribution in [0.5, 0.6) is 0 Å². The zero-order valence-corrected chi connectivity index (χ0v) is 11.7. The average molecular weight is 233 g/mol. The fraction of sp³-hybridized carbons (Fsp3) is 1.00. The Hall–Kier alpha value is 0.110. The van der Waals surface area contributed by atoms with Crippen LogP contribution >= 0.6 is 0 Å². The minimum absolute atomic E-state index is 0.317. The van der Waals surface area contributed by atoms with Crippen molar-refractivity contribution >= 4 is 10.8 Å². The highest BCUT2D eigenvalue weighted by Crippen LogP contribution is 2.14. The molecule has 0 spiro atoms. The SMILES string of the molecule is CCCC(NC)C(CC)S(=O)CC(C)C. The van der Waals surface area contributed by atoms with Crippen molar-refractivity contribution in [1.29, 1.82) is 0 Å². The normalized spacial score (nSPS) is 17.7. The fourth-order valence-electron chi connectivity index (χ4n) is 1.93. The minimum Gasteiger partial charge on any atom is -0.316 e. The molecule has 0 aliphatic heterocycles. The second kappa shape index (κ2) is 8.28. The van der Waals surface area contributed by atoms with Gasteiger partial charge in [0.1, 0.15) is 0 Å². The molecular weight excluding hydrogens is 206 g/mol. The Balaban J connectivity index is 4.36. The molecule has 3 heteroatoms. The van der Waals surface area contributed by atoms with Crippen LogP contribution in [0.15, 0.2) is 0 Å². The fourth-order valence-corrected chi connectivity index (χ4v) is 3.85. The summed E-state index contributed by atoms with van der Waals surface area (Å²) < 4.78 is 12.1. The maximum Gasteiger partial charge on any atom is 0.0498 e. The van der Waals surface area contributed by atoms with E-state index in [0.717, 1.165) is 25.0 Å². The Morgan fingerprint density at radius 3 is 2.20 bits per heavy atom. The van der Waals surface area contributed by atoms with Crippen molar-refractivity contribution in [3.8, 4) is 0 Å². The standard InChI is InChI=1S/C12H27NOS/c1-6-8-11(13-5)12(7-2)15(14)9-10(3)4/h10-13H,6-9H2,1-5H3. The van der Waals surface area contributed by atoms with Gasteiger partial charge in [0, 0.05) is 27.8 Å². The third-order valence-corrected chi connectivity index (χ3v) is 4.99. The molecule has 0 amide bonds. The first kappa shape index (κ1) is 15.1. The van der Waals surface area contributed by atoms with Crippen LogP contribution < -0.4 is 5.32 Å². The Morgan fingerprint density at radius 2 is 1.87 bits per heavy atom. The number of rotatable bonds is 8. The topological polar surface area (TPSA) is 29.1 Å². The molecule has 1 N–H and O–H groups in total. The lowest BCUT2D eigenvalue weighted by Crippen LogP contribution is -2.41. The van der Waals surface area contributed by atoms with E-state index in [2.05, 4.69) is 33.0 Å². The van der Waals surface area contributed by atoms with Gasteiger partial charge in [-0.3, -0.25) is 4.21 Å². The van der Waals surface area contributed by atoms with E-state index in [4.69, 9.17) is 0 Å². The van der Waals surface area contributed by atoms with Crippen molar-refractivity contribution < 1.29 is 4.21 Å². The summed E-state index contributed by atoms with van der Waals surface area (Å²) in [5.74, 6) is 1.36. The molecular formula is C12H27NOS. The first-order valence-electron chi connectivity index (χ1n) is 6.11. The highest BCUT2D eigenvalue weighted by molar-refractivity contribution is 7.85. The molecule has 92 valence electrons. The van der Waals surface area contributed by atoms with Crippen LogP contribution in [-0.2, 0) is 10.8 Å². The van der Waals surface area contributed by atoms with Gasteiger partial charge in [-0.05, 0) is 25.8 Å². The van der Waals surface area contributed by atoms with E-state index in [1.165, 1.54) is 0 Å². The van der Waals surface area contributed by atoms with Gasteiger partial charge in [0.2, 0.25) is 0 Å². The van der Waals surface area contributed by atoms with E-state index >= 15 is 0 Å². The molecule has 15 heavy (non-hydrogen) atoms. The zero-order chi connectivity index (χ0) is 11.8. The van der Waals surface area contributed by atoms with Crippen molar-refractivity contribution in [3.05, 3.63) is 0 Å². The molecule has 0 bridgehead atoms. The summed E-state index contributed by atoms with van der Waals surface area (Å²) in [6.45, 7) is 8.60. The molecule has 0 heterocycles. The van der Waals surface area contributed by atoms with Gasteiger partial charge in [-0.2, -0.15) is 0 Å². The molecule has 0 aromatic heterocycles. The number of hydrogen-bond donors (Lipinski definition) is 1. The summed E-state index contributed by atoms with van der Waals surface area (Å²) >= 11 is 0. The molecule has 0 saturated carbocycles. The van der Waals surface area contributed by atoms with Crippen LogP contribution in [-0.4, -0.2) is 28.3 Å². The third-order valence-electron chi connectivity index (χ3n) is 2.66. The van der Waals surface area contributed by atoms with E-state index in [1.807, 2.05) is 7.05 Å². The maximum atomic E-state index is 12.1. The Bertz CT molecular complexity index is 182. The van der Waals surface area contributed by atoms with Crippen LogP contribution in [0.25, 0.3) is 0 Å². The second-order valence-corrected chi connectivity index (χ2v) is 6.27. The van der Waals surface area contributed by atoms with Gasteiger partial charge >= 0.3 is 0 Å². The Morgan fingerprint density at radius 1 is 1.27 bits per heavy atom. The molecule has 0 saturated heterocycles. The van der Waals surface area contributed by atoms with Crippen molar-refractivity contribution in [3.63, 3.8) is 0 Å². The third kappa shape index (κ3) is 5.67. The predicted octanol–water partition coefficient (Wildman–Crippen LogP) is 2.56. The Kier molecular flexibility index (Phi) is 8.34. The zero-order valence-electron chi connectivity index (χ0n) is 10.9. The van der Waals surface area contributed by atoms with Crippen LogP contribution in [0.4, 0.5) is 0 Å². The molecule has 0 aromatic rings. The summed E-state index contributed by atoms with van der Waals surface area (Å²) in [6, 6.07) is 0.416. The molecule has 0 aromatic carbocycles. The first-order valence-corrected chi connectivity index (χ1v) is 7.49. The minimum atomic E-state index is -0.682. The van der Waals surface area contributed by atoms with Crippen LogP contribution in [0.2, 0.25) is 0 Å². The van der Waals surface area contributed by atoms with Gasteiger partial charge in [0.15, 0.2) is 0 Å². The smallest absolute Gasteiger partial charge is 0.0498 e. The molecule has 0 fully saturated rings. The number of hydrogen-bond acceptors (Lipinski definition) is 2. The average Bonchev–Trinajstić information content (AvgIpc) is 2.16. The van der Waals surface area contributed by atoms with Gasteiger partial charge in [0.05, 0.1) is 0 Å². The molecule has 0 aliphatic rings. The van der Waals surface area contributed by atoms with Gasteiger partial charge < -0.3 is 5.32 Å². The lowest BCUT2D eigenvalue weighted by atomic mass is 10.1. The lowest BCUT2D eigenvalue weighted by Gasteiger charge is -2.25. The summed E-state index contributed by atoms with van der Waals surface area (Å²) in [5, 5.41) is 3.63. The summed E-state index contributed by atoms with van der Waals surface area (Å²) in [4.78, 5) is 0. The van der Waals surface area contributed by atoms with Crippen molar-refractivity contribution in [2.45, 2.75) is 58.2 Å². The van der Waals surface area contributed by atoms with Crippen molar-refractivity contribution in [1.82, 2.24) is 5.32 Å². The molecule has 2 nitrogen and oxygen atoms in total. The molecule has 0 aliphatic carbocycles. The van der Waals surface area contributed by atoms with Crippen LogP contribution in [0.1, 0.15) is 47.0 Å². The van der Waals surface area contributed by atoms with E-state index in [1.54, 1.807) is 0 Å². The monoisotopic (exact) mass is 233 g/mol. The van der Waals surface area contributed by atoms with E-state index in [-0.39, 0.29) is 0 Å².